The summed E-state index contributed by atoms with van der Waals surface area (Å²) < 4.78 is 11.6. The standard InChI is InChI=1S/C10H17NOS/c1-2-13(12)10-7-5-3-4-6-9(10)8-11/h9-10H,2-7H2,1H3. The average Bonchev–Trinajstić information content (AvgIpc) is 2.41. The summed E-state index contributed by atoms with van der Waals surface area (Å²) in [5.74, 6) is 0.742. The summed E-state index contributed by atoms with van der Waals surface area (Å²) in [4.78, 5) is 0. The van der Waals surface area contributed by atoms with Gasteiger partial charge in [-0.3, -0.25) is 4.21 Å². The zero-order valence-electron chi connectivity index (χ0n) is 8.16. The average molecular weight is 199 g/mol. The van der Waals surface area contributed by atoms with Crippen molar-refractivity contribution in [3.63, 3.8) is 0 Å². The van der Waals surface area contributed by atoms with Crippen LogP contribution in [0.1, 0.15) is 39.0 Å². The van der Waals surface area contributed by atoms with Gasteiger partial charge in [0, 0.05) is 16.6 Å². The maximum atomic E-state index is 11.6. The summed E-state index contributed by atoms with van der Waals surface area (Å²) in [5, 5.41) is 9.10. The highest BCUT2D eigenvalue weighted by Gasteiger charge is 2.27. The van der Waals surface area contributed by atoms with Crippen LogP contribution in [0.15, 0.2) is 0 Å². The van der Waals surface area contributed by atoms with Gasteiger partial charge in [0.15, 0.2) is 0 Å². The molecule has 0 spiro atoms. The van der Waals surface area contributed by atoms with Crippen LogP contribution in [0.3, 0.4) is 0 Å². The molecule has 1 aliphatic rings. The fraction of sp³-hybridized carbons (Fsp3) is 0.900. The van der Waals surface area contributed by atoms with Crippen LogP contribution in [0.4, 0.5) is 0 Å². The van der Waals surface area contributed by atoms with Crippen LogP contribution in [0, 0.1) is 17.2 Å². The molecule has 74 valence electrons. The van der Waals surface area contributed by atoms with Crippen molar-refractivity contribution in [1.82, 2.24) is 0 Å². The van der Waals surface area contributed by atoms with Gasteiger partial charge in [-0.2, -0.15) is 5.26 Å². The number of nitriles is 1. The molecule has 13 heavy (non-hydrogen) atoms. The summed E-state index contributed by atoms with van der Waals surface area (Å²) >= 11 is 0. The Kier molecular flexibility index (Phi) is 4.44. The molecule has 0 aliphatic heterocycles. The second-order valence-electron chi connectivity index (χ2n) is 3.58. The van der Waals surface area contributed by atoms with Gasteiger partial charge < -0.3 is 0 Å². The third-order valence-electron chi connectivity index (χ3n) is 2.74. The summed E-state index contributed by atoms with van der Waals surface area (Å²) in [5.41, 5.74) is 0. The zero-order chi connectivity index (χ0) is 9.68. The third kappa shape index (κ3) is 2.80. The highest BCUT2D eigenvalue weighted by molar-refractivity contribution is 7.85. The Hall–Kier alpha value is -0.360. The number of hydrogen-bond donors (Lipinski definition) is 0. The van der Waals surface area contributed by atoms with Gasteiger partial charge >= 0.3 is 0 Å². The van der Waals surface area contributed by atoms with E-state index in [-0.39, 0.29) is 11.2 Å². The van der Waals surface area contributed by atoms with Gasteiger partial charge in [-0.25, -0.2) is 0 Å². The van der Waals surface area contributed by atoms with Crippen LogP contribution in [0.2, 0.25) is 0 Å². The van der Waals surface area contributed by atoms with Crippen molar-refractivity contribution in [2.24, 2.45) is 5.92 Å². The van der Waals surface area contributed by atoms with Gasteiger partial charge in [-0.15, -0.1) is 0 Å². The van der Waals surface area contributed by atoms with Crippen LogP contribution in [-0.4, -0.2) is 15.2 Å². The second-order valence-corrected chi connectivity index (χ2v) is 5.53. The number of nitrogens with zero attached hydrogens (tertiary/aromatic N) is 1. The second kappa shape index (κ2) is 5.39. The quantitative estimate of drug-likeness (QED) is 0.640. The van der Waals surface area contributed by atoms with E-state index in [1.165, 1.54) is 6.42 Å². The summed E-state index contributed by atoms with van der Waals surface area (Å²) in [6.07, 6.45) is 5.42. The van der Waals surface area contributed by atoms with E-state index < -0.39 is 10.8 Å². The SMILES string of the molecule is CCS(=O)C1CCCCCC1C#N. The molecule has 0 bridgehead atoms. The van der Waals surface area contributed by atoms with Gasteiger partial charge in [-0.05, 0) is 12.8 Å². The van der Waals surface area contributed by atoms with Crippen molar-refractivity contribution in [3.05, 3.63) is 0 Å². The topological polar surface area (TPSA) is 40.9 Å². The van der Waals surface area contributed by atoms with Gasteiger partial charge in [0.1, 0.15) is 0 Å². The molecule has 1 rings (SSSR count). The minimum absolute atomic E-state index is 0.0447. The first-order valence-corrected chi connectivity index (χ1v) is 6.44. The molecule has 3 atom stereocenters. The van der Waals surface area contributed by atoms with Crippen molar-refractivity contribution in [2.75, 3.05) is 5.75 Å². The van der Waals surface area contributed by atoms with Crippen molar-refractivity contribution < 1.29 is 4.21 Å². The smallest absolute Gasteiger partial charge is 0.0668 e. The fourth-order valence-corrected chi connectivity index (χ4v) is 3.37. The normalized spacial score (nSPS) is 31.7. The highest BCUT2D eigenvalue weighted by atomic mass is 32.2. The van der Waals surface area contributed by atoms with Crippen LogP contribution in [0.5, 0.6) is 0 Å². The minimum Gasteiger partial charge on any atom is -0.259 e. The largest absolute Gasteiger partial charge is 0.259 e. The first-order valence-electron chi connectivity index (χ1n) is 5.06. The molecule has 0 aromatic heterocycles. The Bertz CT molecular complexity index is 221. The molecule has 0 aromatic rings. The van der Waals surface area contributed by atoms with E-state index in [2.05, 4.69) is 6.07 Å². The Morgan fingerprint density at radius 3 is 2.69 bits per heavy atom. The first-order chi connectivity index (χ1) is 6.29. The predicted molar refractivity (Wildman–Crippen MR) is 54.7 cm³/mol. The van der Waals surface area contributed by atoms with Crippen LogP contribution in [0.25, 0.3) is 0 Å². The lowest BCUT2D eigenvalue weighted by Crippen LogP contribution is -2.24. The molecule has 0 radical (unpaired) electrons. The predicted octanol–water partition coefficient (Wildman–Crippen LogP) is 2.23. The van der Waals surface area contributed by atoms with Gasteiger partial charge in [0.2, 0.25) is 0 Å². The van der Waals surface area contributed by atoms with Crippen LogP contribution in [-0.2, 0) is 10.8 Å². The molecule has 0 heterocycles. The maximum Gasteiger partial charge on any atom is 0.0668 e. The lowest BCUT2D eigenvalue weighted by molar-refractivity contribution is 0.565. The maximum absolute atomic E-state index is 11.6. The van der Waals surface area contributed by atoms with Crippen LogP contribution >= 0.6 is 0 Å². The molecular weight excluding hydrogens is 182 g/mol. The Morgan fingerprint density at radius 2 is 2.08 bits per heavy atom. The fourth-order valence-electron chi connectivity index (χ4n) is 1.95. The molecule has 3 heteroatoms. The van der Waals surface area contributed by atoms with E-state index in [1.54, 1.807) is 0 Å². The zero-order valence-corrected chi connectivity index (χ0v) is 8.98. The molecule has 2 nitrogen and oxygen atoms in total. The molecular formula is C10H17NOS. The van der Waals surface area contributed by atoms with E-state index in [0.717, 1.165) is 25.7 Å². The number of rotatable bonds is 2. The van der Waals surface area contributed by atoms with E-state index >= 15 is 0 Å². The molecule has 1 aliphatic carbocycles. The Labute approximate surface area is 82.8 Å². The molecule has 0 amide bonds. The molecule has 0 aromatic carbocycles. The molecule has 1 saturated carbocycles. The van der Waals surface area contributed by atoms with Gasteiger partial charge in [0.25, 0.3) is 0 Å². The molecule has 3 unspecified atom stereocenters. The van der Waals surface area contributed by atoms with Crippen molar-refractivity contribution >= 4 is 10.8 Å². The summed E-state index contributed by atoms with van der Waals surface area (Å²) in [7, 11) is -0.777. The van der Waals surface area contributed by atoms with E-state index in [0.29, 0.717) is 5.75 Å². The summed E-state index contributed by atoms with van der Waals surface area (Å²) in [6.45, 7) is 1.94. The highest BCUT2D eigenvalue weighted by Crippen LogP contribution is 2.26. The van der Waals surface area contributed by atoms with Gasteiger partial charge in [0.05, 0.1) is 17.2 Å². The van der Waals surface area contributed by atoms with E-state index in [4.69, 9.17) is 5.26 Å². The van der Waals surface area contributed by atoms with Crippen molar-refractivity contribution in [3.8, 4) is 6.07 Å². The van der Waals surface area contributed by atoms with E-state index in [1.807, 2.05) is 6.92 Å². The molecule has 1 fully saturated rings. The first kappa shape index (κ1) is 10.7. The Morgan fingerprint density at radius 1 is 1.38 bits per heavy atom. The third-order valence-corrected chi connectivity index (χ3v) is 4.55. The van der Waals surface area contributed by atoms with Crippen LogP contribution < -0.4 is 0 Å². The lowest BCUT2D eigenvalue weighted by atomic mass is 10.0. The molecule has 0 N–H and O–H groups in total. The monoisotopic (exact) mass is 199 g/mol. The molecule has 0 saturated heterocycles. The lowest BCUT2D eigenvalue weighted by Gasteiger charge is -2.17. The van der Waals surface area contributed by atoms with Gasteiger partial charge in [-0.1, -0.05) is 26.2 Å². The minimum atomic E-state index is -0.777. The van der Waals surface area contributed by atoms with E-state index in [9.17, 15) is 4.21 Å². The Balaban J connectivity index is 2.65. The van der Waals surface area contributed by atoms with Crippen molar-refractivity contribution in [2.45, 2.75) is 44.3 Å². The summed E-state index contributed by atoms with van der Waals surface area (Å²) in [6, 6.07) is 2.32. The van der Waals surface area contributed by atoms with Crippen molar-refractivity contribution in [1.29, 1.82) is 5.26 Å². The number of hydrogen-bond acceptors (Lipinski definition) is 2.